The molecule has 0 saturated carbocycles. The second-order valence-corrected chi connectivity index (χ2v) is 13.2. The summed E-state index contributed by atoms with van der Waals surface area (Å²) >= 11 is 12.7. The number of rotatable bonds is 17. The Bertz CT molecular complexity index is 1490. The third-order valence-corrected chi connectivity index (χ3v) is 8.81. The molecule has 44 heavy (non-hydrogen) atoms. The standard InChI is InChI=1S/C33H41Cl2N3O5S/c1-4-6-20-36-33(40)30(22-25-13-8-7-9-14-25)37(24-26-18-19-27(34)23-28(26)35)32(39)17-12-21-38(44(3,41)42)29-15-10-11-16-31(29)43-5-2/h7-11,13-16,18-19,23,30H,4-6,12,17,20-22,24H2,1-3H3,(H,36,40)/t30-/m0/s1. The molecule has 0 aliphatic carbocycles. The van der Waals surface area contributed by atoms with Crippen LogP contribution in [0.2, 0.25) is 10.0 Å². The quantitative estimate of drug-likeness (QED) is 0.167. The number of unbranched alkanes of at least 4 members (excludes halogenated alkanes) is 1. The second kappa shape index (κ2) is 17.3. The third kappa shape index (κ3) is 10.4. The van der Waals surface area contributed by atoms with Crippen LogP contribution in [0, 0.1) is 0 Å². The molecule has 0 heterocycles. The van der Waals surface area contributed by atoms with Crippen LogP contribution >= 0.6 is 23.2 Å². The maximum Gasteiger partial charge on any atom is 0.243 e. The van der Waals surface area contributed by atoms with Gasteiger partial charge in [0.25, 0.3) is 0 Å². The normalized spacial score (nSPS) is 11.9. The van der Waals surface area contributed by atoms with Gasteiger partial charge in [-0.1, -0.05) is 85.1 Å². The van der Waals surface area contributed by atoms with Crippen LogP contribution in [0.4, 0.5) is 5.69 Å². The Kier molecular flexibility index (Phi) is 13.8. The van der Waals surface area contributed by atoms with Crippen LogP contribution in [-0.4, -0.2) is 57.1 Å². The van der Waals surface area contributed by atoms with Crippen molar-refractivity contribution >= 4 is 50.7 Å². The van der Waals surface area contributed by atoms with Gasteiger partial charge < -0.3 is 15.0 Å². The number of nitrogens with zero attached hydrogens (tertiary/aromatic N) is 2. The molecular formula is C33H41Cl2N3O5S. The lowest BCUT2D eigenvalue weighted by molar-refractivity contribution is -0.141. The van der Waals surface area contributed by atoms with Gasteiger partial charge in [-0.15, -0.1) is 0 Å². The summed E-state index contributed by atoms with van der Waals surface area (Å²) in [5, 5.41) is 3.84. The Morgan fingerprint density at radius 1 is 0.955 bits per heavy atom. The van der Waals surface area contributed by atoms with Gasteiger partial charge in [-0.05, 0) is 55.2 Å². The minimum atomic E-state index is -3.68. The number of para-hydroxylation sites is 2. The smallest absolute Gasteiger partial charge is 0.243 e. The average Bonchev–Trinajstić information content (AvgIpc) is 2.98. The lowest BCUT2D eigenvalue weighted by Gasteiger charge is -2.32. The summed E-state index contributed by atoms with van der Waals surface area (Å²) in [4.78, 5) is 29.2. The van der Waals surface area contributed by atoms with Gasteiger partial charge in [0.2, 0.25) is 21.8 Å². The number of anilines is 1. The summed E-state index contributed by atoms with van der Waals surface area (Å²) in [6.45, 7) is 4.86. The van der Waals surface area contributed by atoms with Gasteiger partial charge in [-0.3, -0.25) is 13.9 Å². The van der Waals surface area contributed by atoms with E-state index in [4.69, 9.17) is 27.9 Å². The number of halogens is 2. The molecule has 0 bridgehead atoms. The molecular weight excluding hydrogens is 621 g/mol. The van der Waals surface area contributed by atoms with Crippen molar-refractivity contribution in [3.63, 3.8) is 0 Å². The first-order valence-electron chi connectivity index (χ1n) is 14.8. The van der Waals surface area contributed by atoms with E-state index in [1.807, 2.05) is 44.2 Å². The van der Waals surface area contributed by atoms with Gasteiger partial charge in [0, 0.05) is 42.5 Å². The van der Waals surface area contributed by atoms with Crippen molar-refractivity contribution in [2.24, 2.45) is 0 Å². The summed E-state index contributed by atoms with van der Waals surface area (Å²) in [6.07, 6.45) is 3.37. The van der Waals surface area contributed by atoms with Gasteiger partial charge in [-0.2, -0.15) is 0 Å². The fraction of sp³-hybridized carbons (Fsp3) is 0.394. The summed E-state index contributed by atoms with van der Waals surface area (Å²) in [7, 11) is -3.68. The van der Waals surface area contributed by atoms with Gasteiger partial charge in [0.1, 0.15) is 11.8 Å². The molecule has 0 saturated heterocycles. The zero-order valence-electron chi connectivity index (χ0n) is 25.5. The van der Waals surface area contributed by atoms with Gasteiger partial charge in [0.15, 0.2) is 0 Å². The number of nitrogens with one attached hydrogen (secondary N) is 1. The number of hydrogen-bond donors (Lipinski definition) is 1. The number of hydrogen-bond acceptors (Lipinski definition) is 5. The summed E-state index contributed by atoms with van der Waals surface area (Å²) in [5.41, 5.74) is 1.96. The lowest BCUT2D eigenvalue weighted by atomic mass is 10.0. The van der Waals surface area contributed by atoms with E-state index in [0.717, 1.165) is 24.7 Å². The molecule has 8 nitrogen and oxygen atoms in total. The van der Waals surface area contributed by atoms with Crippen LogP contribution in [0.5, 0.6) is 5.75 Å². The Labute approximate surface area is 271 Å². The molecule has 0 spiro atoms. The molecule has 0 aliphatic heterocycles. The van der Waals surface area contributed by atoms with Gasteiger partial charge >= 0.3 is 0 Å². The van der Waals surface area contributed by atoms with E-state index in [9.17, 15) is 18.0 Å². The van der Waals surface area contributed by atoms with Gasteiger partial charge in [-0.25, -0.2) is 8.42 Å². The van der Waals surface area contributed by atoms with E-state index in [1.165, 1.54) is 4.31 Å². The number of ether oxygens (including phenoxy) is 1. The lowest BCUT2D eigenvalue weighted by Crippen LogP contribution is -2.50. The van der Waals surface area contributed by atoms with Crippen molar-refractivity contribution < 1.29 is 22.7 Å². The third-order valence-electron chi connectivity index (χ3n) is 7.04. The van der Waals surface area contributed by atoms with E-state index < -0.39 is 16.1 Å². The highest BCUT2D eigenvalue weighted by atomic mass is 35.5. The highest BCUT2D eigenvalue weighted by Crippen LogP contribution is 2.30. The number of carbonyl (C=O) groups is 2. The first-order chi connectivity index (χ1) is 21.0. The van der Waals surface area contributed by atoms with Crippen LogP contribution in [-0.2, 0) is 32.6 Å². The molecule has 238 valence electrons. The van der Waals surface area contributed by atoms with E-state index in [0.29, 0.717) is 46.6 Å². The van der Waals surface area contributed by atoms with E-state index in [-0.39, 0.29) is 37.7 Å². The van der Waals surface area contributed by atoms with Crippen LogP contribution < -0.4 is 14.4 Å². The molecule has 0 radical (unpaired) electrons. The number of amides is 2. The number of carbonyl (C=O) groups excluding carboxylic acids is 2. The molecule has 0 fully saturated rings. The van der Waals surface area contributed by atoms with Crippen molar-refractivity contribution in [3.8, 4) is 5.75 Å². The summed E-state index contributed by atoms with van der Waals surface area (Å²) in [5.74, 6) is -0.115. The molecule has 0 unspecified atom stereocenters. The molecule has 3 aromatic rings. The first-order valence-corrected chi connectivity index (χ1v) is 17.4. The fourth-order valence-electron chi connectivity index (χ4n) is 4.82. The monoisotopic (exact) mass is 661 g/mol. The van der Waals surface area contributed by atoms with Crippen LogP contribution in [0.3, 0.4) is 0 Å². The predicted molar refractivity (Wildman–Crippen MR) is 178 cm³/mol. The van der Waals surface area contributed by atoms with Crippen molar-refractivity contribution in [2.45, 2.75) is 58.5 Å². The van der Waals surface area contributed by atoms with Crippen molar-refractivity contribution in [1.82, 2.24) is 10.2 Å². The zero-order chi connectivity index (χ0) is 32.1. The molecule has 0 aromatic heterocycles. The minimum absolute atomic E-state index is 0.00155. The first kappa shape index (κ1) is 35.2. The Hall–Kier alpha value is -3.27. The topological polar surface area (TPSA) is 96.0 Å². The molecule has 0 aliphatic rings. The largest absolute Gasteiger partial charge is 0.492 e. The maximum absolute atomic E-state index is 14.0. The molecule has 3 aromatic carbocycles. The van der Waals surface area contributed by atoms with Crippen molar-refractivity contribution in [3.05, 3.63) is 94.0 Å². The van der Waals surface area contributed by atoms with Crippen molar-refractivity contribution in [1.29, 1.82) is 0 Å². The average molecular weight is 663 g/mol. The molecule has 3 rings (SSSR count). The van der Waals surface area contributed by atoms with Gasteiger partial charge in [0.05, 0.1) is 18.6 Å². The number of benzene rings is 3. The minimum Gasteiger partial charge on any atom is -0.492 e. The van der Waals surface area contributed by atoms with Crippen LogP contribution in [0.25, 0.3) is 0 Å². The fourth-order valence-corrected chi connectivity index (χ4v) is 6.25. The molecule has 1 N–H and O–H groups in total. The highest BCUT2D eigenvalue weighted by molar-refractivity contribution is 7.92. The Morgan fingerprint density at radius 3 is 2.32 bits per heavy atom. The summed E-state index contributed by atoms with van der Waals surface area (Å²) in [6, 6.07) is 20.7. The van der Waals surface area contributed by atoms with Crippen LogP contribution in [0.1, 0.15) is 50.7 Å². The Morgan fingerprint density at radius 2 is 1.66 bits per heavy atom. The van der Waals surface area contributed by atoms with E-state index in [1.54, 1.807) is 47.4 Å². The highest BCUT2D eigenvalue weighted by Gasteiger charge is 2.31. The Balaban J connectivity index is 1.91. The molecule has 11 heteroatoms. The van der Waals surface area contributed by atoms with Crippen molar-refractivity contribution in [2.75, 3.05) is 30.3 Å². The zero-order valence-corrected chi connectivity index (χ0v) is 27.8. The SMILES string of the molecule is CCCCNC(=O)[C@H](Cc1ccccc1)N(Cc1ccc(Cl)cc1Cl)C(=O)CCCN(c1ccccc1OCC)S(C)(=O)=O. The molecule has 1 atom stereocenters. The van der Waals surface area contributed by atoms with E-state index >= 15 is 0 Å². The predicted octanol–water partition coefficient (Wildman–Crippen LogP) is 6.49. The maximum atomic E-state index is 14.0. The number of sulfonamides is 1. The summed E-state index contributed by atoms with van der Waals surface area (Å²) < 4.78 is 32.6. The second-order valence-electron chi connectivity index (χ2n) is 10.4. The molecule has 2 amide bonds. The van der Waals surface area contributed by atoms with E-state index in [2.05, 4.69) is 5.32 Å². The van der Waals surface area contributed by atoms with Crippen LogP contribution in [0.15, 0.2) is 72.8 Å².